The Morgan fingerprint density at radius 1 is 1.32 bits per heavy atom. The van der Waals surface area contributed by atoms with Crippen LogP contribution in [0.3, 0.4) is 0 Å². The van der Waals surface area contributed by atoms with Crippen molar-refractivity contribution >= 4 is 18.7 Å². The summed E-state index contributed by atoms with van der Waals surface area (Å²) in [5.41, 5.74) is 0. The number of methoxy groups -OCH3 is 1. The molecular weight excluding hydrogens is 278 g/mol. The maximum Gasteiger partial charge on any atom is 1.00 e. The van der Waals surface area contributed by atoms with Crippen LogP contribution in [0.2, 0.25) is 0 Å². The van der Waals surface area contributed by atoms with Crippen molar-refractivity contribution in [3.8, 4) is 0 Å². The average Bonchev–Trinajstić information content (AvgIpc) is 2.31. The summed E-state index contributed by atoms with van der Waals surface area (Å²) in [7, 11) is 1.10. The number of ether oxygens (including phenoxy) is 1. The second-order valence-corrected chi connectivity index (χ2v) is 2.94. The van der Waals surface area contributed by atoms with Crippen LogP contribution in [-0.4, -0.2) is 36.9 Å². The van der Waals surface area contributed by atoms with E-state index in [-0.39, 0.29) is 43.7 Å². The van der Waals surface area contributed by atoms with Crippen molar-refractivity contribution < 1.29 is 63.3 Å². The number of allylic oxidation sites excluding steroid dienone is 1. The maximum absolute atomic E-state index is 12.2. The normalized spacial score (nSPS) is 12.8. The van der Waals surface area contributed by atoms with E-state index in [0.717, 1.165) is 25.6 Å². The zero-order valence-corrected chi connectivity index (χ0v) is 12.3. The quantitative estimate of drug-likeness (QED) is 0.249. The minimum atomic E-state index is -4.72. The van der Waals surface area contributed by atoms with Gasteiger partial charge in [0.25, 0.3) is 0 Å². The van der Waals surface area contributed by atoms with E-state index in [1.807, 2.05) is 0 Å². The third-order valence-corrected chi connectivity index (χ3v) is 1.70. The molecule has 0 saturated heterocycles. The van der Waals surface area contributed by atoms with Crippen LogP contribution in [0.1, 0.15) is 1.43 Å². The van der Waals surface area contributed by atoms with E-state index in [4.69, 9.17) is 0 Å². The van der Waals surface area contributed by atoms with Crippen molar-refractivity contribution in [1.29, 1.82) is 0 Å². The summed E-state index contributed by atoms with van der Waals surface area (Å²) in [4.78, 5) is 32.0. The van der Waals surface area contributed by atoms with Gasteiger partial charge in [0.15, 0.2) is 0 Å². The largest absolute Gasteiger partial charge is 1.00 e. The predicted molar refractivity (Wildman–Crippen MR) is 54.9 cm³/mol. The number of esters is 1. The SMILES string of the molecule is COC(=O)C=CN(C=O)C=CC(C=O)C(F)(F)F.[H-].[Na+]. The molecule has 0 rings (SSSR count). The van der Waals surface area contributed by atoms with Crippen LogP contribution in [0.25, 0.3) is 0 Å². The van der Waals surface area contributed by atoms with Gasteiger partial charge in [-0.15, -0.1) is 0 Å². The Morgan fingerprint density at radius 2 is 1.89 bits per heavy atom. The summed E-state index contributed by atoms with van der Waals surface area (Å²) in [6.07, 6.45) is -1.92. The number of nitrogens with zero attached hydrogens (tertiary/aromatic N) is 1. The Morgan fingerprint density at radius 3 is 2.26 bits per heavy atom. The van der Waals surface area contributed by atoms with E-state index < -0.39 is 18.1 Å². The molecule has 1 atom stereocenters. The van der Waals surface area contributed by atoms with Gasteiger partial charge >= 0.3 is 41.7 Å². The second kappa shape index (κ2) is 9.76. The standard InChI is InChI=1S/C10H10F3NO4.Na.H/c1-18-9(17)3-5-14(7-16)4-2-8(6-15)10(11,12)13;;/h2-8H,1H3;;/q;+1;-1. The number of amides is 1. The first-order valence-electron chi connectivity index (χ1n) is 4.54. The van der Waals surface area contributed by atoms with E-state index in [9.17, 15) is 27.6 Å². The first-order valence-corrected chi connectivity index (χ1v) is 4.54. The molecule has 0 aliphatic carbocycles. The van der Waals surface area contributed by atoms with Crippen molar-refractivity contribution in [3.63, 3.8) is 0 Å². The predicted octanol–water partition coefficient (Wildman–Crippen LogP) is -1.86. The minimum absolute atomic E-state index is 0. The molecular formula is C10H11F3NNaO4. The summed E-state index contributed by atoms with van der Waals surface area (Å²) in [5.74, 6) is -3.09. The fourth-order valence-corrected chi connectivity index (χ4v) is 0.759. The molecule has 19 heavy (non-hydrogen) atoms. The van der Waals surface area contributed by atoms with Gasteiger partial charge < -0.3 is 11.0 Å². The maximum atomic E-state index is 12.2. The fraction of sp³-hybridized carbons (Fsp3) is 0.300. The zero-order valence-electron chi connectivity index (χ0n) is 11.3. The minimum Gasteiger partial charge on any atom is -1.00 e. The molecule has 1 amide bonds. The molecule has 0 aromatic heterocycles. The number of aldehydes is 1. The molecule has 0 fully saturated rings. The molecule has 0 radical (unpaired) electrons. The zero-order chi connectivity index (χ0) is 14.2. The second-order valence-electron chi connectivity index (χ2n) is 2.94. The van der Waals surface area contributed by atoms with E-state index in [2.05, 4.69) is 4.74 Å². The van der Waals surface area contributed by atoms with Crippen molar-refractivity contribution in [3.05, 3.63) is 24.6 Å². The van der Waals surface area contributed by atoms with Gasteiger partial charge in [-0.05, 0) is 6.08 Å². The molecule has 102 valence electrons. The number of hydrogen-bond acceptors (Lipinski definition) is 4. The molecule has 0 heterocycles. The molecule has 0 bridgehead atoms. The van der Waals surface area contributed by atoms with Crippen LogP contribution in [0.4, 0.5) is 13.2 Å². The fourth-order valence-electron chi connectivity index (χ4n) is 0.759. The Kier molecular flexibility index (Phi) is 10.4. The molecule has 0 aliphatic heterocycles. The van der Waals surface area contributed by atoms with E-state index in [1.165, 1.54) is 0 Å². The Bertz CT molecular complexity index is 374. The van der Waals surface area contributed by atoms with Crippen LogP contribution >= 0.6 is 0 Å². The number of rotatable bonds is 6. The molecule has 0 saturated carbocycles. The van der Waals surface area contributed by atoms with Gasteiger partial charge in [-0.3, -0.25) is 9.69 Å². The third kappa shape index (κ3) is 8.57. The van der Waals surface area contributed by atoms with Crippen LogP contribution in [0.5, 0.6) is 0 Å². The summed E-state index contributed by atoms with van der Waals surface area (Å²) in [5, 5.41) is 0. The summed E-state index contributed by atoms with van der Waals surface area (Å²) < 4.78 is 40.7. The molecule has 0 aliphatic rings. The van der Waals surface area contributed by atoms with Crippen molar-refractivity contribution in [2.75, 3.05) is 7.11 Å². The van der Waals surface area contributed by atoms with Crippen LogP contribution < -0.4 is 29.6 Å². The van der Waals surface area contributed by atoms with Crippen molar-refractivity contribution in [2.45, 2.75) is 6.18 Å². The average molecular weight is 289 g/mol. The topological polar surface area (TPSA) is 63.7 Å². The van der Waals surface area contributed by atoms with Gasteiger partial charge in [0.1, 0.15) is 12.2 Å². The van der Waals surface area contributed by atoms with Crippen LogP contribution in [0.15, 0.2) is 24.6 Å². The number of alkyl halides is 3. The van der Waals surface area contributed by atoms with Gasteiger partial charge in [0, 0.05) is 18.5 Å². The molecule has 9 heteroatoms. The summed E-state index contributed by atoms with van der Waals surface area (Å²) in [6.45, 7) is 0. The number of carbonyl (C=O) groups excluding carboxylic acids is 3. The van der Waals surface area contributed by atoms with Gasteiger partial charge in [-0.1, -0.05) is 0 Å². The number of halogens is 3. The molecule has 1 unspecified atom stereocenters. The first kappa shape index (κ1) is 20.2. The monoisotopic (exact) mass is 289 g/mol. The van der Waals surface area contributed by atoms with Gasteiger partial charge in [-0.25, -0.2) is 4.79 Å². The van der Waals surface area contributed by atoms with E-state index >= 15 is 0 Å². The Labute approximate surface area is 130 Å². The molecule has 0 spiro atoms. The third-order valence-electron chi connectivity index (χ3n) is 1.70. The number of carbonyl (C=O) groups is 3. The van der Waals surface area contributed by atoms with Crippen molar-refractivity contribution in [2.24, 2.45) is 5.92 Å². The van der Waals surface area contributed by atoms with Gasteiger partial charge in [-0.2, -0.15) is 13.2 Å². The number of hydrogen-bond donors (Lipinski definition) is 0. The van der Waals surface area contributed by atoms with Gasteiger partial charge in [0.05, 0.1) is 7.11 Å². The van der Waals surface area contributed by atoms with Gasteiger partial charge in [0.2, 0.25) is 6.41 Å². The van der Waals surface area contributed by atoms with Crippen LogP contribution in [-0.2, 0) is 19.1 Å². The van der Waals surface area contributed by atoms with Crippen LogP contribution in [0, 0.1) is 5.92 Å². The molecule has 0 aromatic carbocycles. The van der Waals surface area contributed by atoms with E-state index in [1.54, 1.807) is 0 Å². The molecule has 0 N–H and O–H groups in total. The summed E-state index contributed by atoms with van der Waals surface area (Å²) >= 11 is 0. The van der Waals surface area contributed by atoms with Crippen molar-refractivity contribution in [1.82, 2.24) is 4.90 Å². The molecule has 0 aromatic rings. The Hall–Kier alpha value is -1.12. The van der Waals surface area contributed by atoms with E-state index in [0.29, 0.717) is 11.0 Å². The summed E-state index contributed by atoms with van der Waals surface area (Å²) in [6, 6.07) is 0. The molecule has 5 nitrogen and oxygen atoms in total. The smallest absolute Gasteiger partial charge is 1.00 e. The first-order chi connectivity index (χ1) is 8.35. The Balaban J connectivity index is -0.00000144.